The number of aldehydes is 1. The van der Waals surface area contributed by atoms with Crippen LogP contribution in [0.15, 0.2) is 54.6 Å². The number of unbranched alkanes of at least 4 members (excludes halogenated alkanes) is 3. The topological polar surface area (TPSA) is 35.5 Å². The Kier molecular flexibility index (Phi) is 7.66. The molecule has 0 amide bonds. The molecule has 1 saturated heterocycles. The fourth-order valence-corrected chi connectivity index (χ4v) is 4.03. The van der Waals surface area contributed by atoms with Gasteiger partial charge in [0.15, 0.2) is 0 Å². The van der Waals surface area contributed by atoms with Crippen molar-refractivity contribution in [1.29, 1.82) is 0 Å². The molecule has 0 N–H and O–H groups in total. The van der Waals surface area contributed by atoms with Crippen LogP contribution < -0.4 is 0 Å². The Morgan fingerprint density at radius 3 is 2.58 bits per heavy atom. The summed E-state index contributed by atoms with van der Waals surface area (Å²) in [6.45, 7) is 0. The second-order valence-electron chi connectivity index (χ2n) is 7.36. The van der Waals surface area contributed by atoms with E-state index >= 15 is 0 Å². The molecule has 3 rings (SSSR count). The monoisotopic (exact) mass is 354 g/mol. The Morgan fingerprint density at radius 2 is 1.73 bits per heavy atom. The molecule has 4 atom stereocenters. The van der Waals surface area contributed by atoms with Crippen molar-refractivity contribution < 1.29 is 14.6 Å². The molecular weight excluding hydrogens is 324 g/mol. The molecule has 3 nitrogen and oxygen atoms in total. The predicted molar refractivity (Wildman–Crippen MR) is 104 cm³/mol. The standard InChI is InChI=1S/C23H30O3/c24-17-11-3-1-2-9-15-20-21(23-18-22(20)25-26-23)16-10-5-8-14-19-12-6-4-7-13-19/h2,4,6-7,9-10,12-13,16-17,20-23H,1,3,5,8,11,14-15,18H2/b9-2-,16-10+/t20-,21?,22+,23-/m1/s1. The van der Waals surface area contributed by atoms with Crippen LogP contribution in [0.3, 0.4) is 0 Å². The normalized spacial score (nSPS) is 27.7. The minimum Gasteiger partial charge on any atom is -0.303 e. The van der Waals surface area contributed by atoms with E-state index in [0.29, 0.717) is 18.3 Å². The van der Waals surface area contributed by atoms with E-state index in [-0.39, 0.29) is 12.2 Å². The van der Waals surface area contributed by atoms with Crippen molar-refractivity contribution in [2.45, 2.75) is 63.6 Å². The third-order valence-electron chi connectivity index (χ3n) is 5.47. The van der Waals surface area contributed by atoms with Gasteiger partial charge in [-0.25, -0.2) is 9.78 Å². The zero-order valence-corrected chi connectivity index (χ0v) is 15.5. The largest absolute Gasteiger partial charge is 0.303 e. The van der Waals surface area contributed by atoms with Gasteiger partial charge < -0.3 is 4.79 Å². The smallest absolute Gasteiger partial charge is 0.120 e. The van der Waals surface area contributed by atoms with Crippen LogP contribution >= 0.6 is 0 Å². The van der Waals surface area contributed by atoms with Crippen molar-refractivity contribution in [1.82, 2.24) is 0 Å². The molecule has 1 aromatic carbocycles. The van der Waals surface area contributed by atoms with Crippen LogP contribution in [-0.4, -0.2) is 18.5 Å². The van der Waals surface area contributed by atoms with Gasteiger partial charge in [0.05, 0.1) is 6.10 Å². The SMILES string of the molecule is O=CCCC/C=C\C[C@@H]1C(/C=C/CCCc2ccccc2)[C@H]2C[C@@H]1OO2. The first-order valence-corrected chi connectivity index (χ1v) is 10.00. The fraction of sp³-hybridized carbons (Fsp3) is 0.522. The number of hydrogen-bond donors (Lipinski definition) is 0. The van der Waals surface area contributed by atoms with Crippen molar-refractivity contribution in [2.75, 3.05) is 0 Å². The maximum Gasteiger partial charge on any atom is 0.120 e. The lowest BCUT2D eigenvalue weighted by atomic mass is 9.89. The molecule has 3 heteroatoms. The van der Waals surface area contributed by atoms with Gasteiger partial charge in [0.1, 0.15) is 12.4 Å². The molecule has 0 radical (unpaired) electrons. The van der Waals surface area contributed by atoms with E-state index in [0.717, 1.165) is 44.8 Å². The average molecular weight is 354 g/mol. The number of aryl methyl sites for hydroxylation is 1. The Labute approximate surface area is 157 Å². The highest BCUT2D eigenvalue weighted by Gasteiger charge is 2.49. The molecule has 140 valence electrons. The summed E-state index contributed by atoms with van der Waals surface area (Å²) in [4.78, 5) is 21.3. The molecule has 1 heterocycles. The van der Waals surface area contributed by atoms with Crippen LogP contribution in [0.4, 0.5) is 0 Å². The minimum atomic E-state index is 0.221. The van der Waals surface area contributed by atoms with E-state index in [1.807, 2.05) is 0 Å². The van der Waals surface area contributed by atoms with Gasteiger partial charge >= 0.3 is 0 Å². The molecule has 1 saturated carbocycles. The quantitative estimate of drug-likeness (QED) is 0.237. The van der Waals surface area contributed by atoms with Crippen LogP contribution in [0.2, 0.25) is 0 Å². The summed E-state index contributed by atoms with van der Waals surface area (Å²) < 4.78 is 0. The number of carbonyl (C=O) groups excluding carboxylic acids is 1. The summed E-state index contributed by atoms with van der Waals surface area (Å²) in [5, 5.41) is 0. The van der Waals surface area contributed by atoms with Crippen molar-refractivity contribution in [3.05, 3.63) is 60.2 Å². The van der Waals surface area contributed by atoms with Gasteiger partial charge in [-0.15, -0.1) is 0 Å². The van der Waals surface area contributed by atoms with Crippen LogP contribution in [0, 0.1) is 11.8 Å². The van der Waals surface area contributed by atoms with Gasteiger partial charge in [-0.3, -0.25) is 0 Å². The van der Waals surface area contributed by atoms with Gasteiger partial charge in [-0.05, 0) is 44.1 Å². The molecule has 1 unspecified atom stereocenters. The molecule has 0 spiro atoms. The first-order chi connectivity index (χ1) is 12.9. The second-order valence-corrected chi connectivity index (χ2v) is 7.36. The van der Waals surface area contributed by atoms with Crippen molar-refractivity contribution in [2.24, 2.45) is 11.8 Å². The number of carbonyl (C=O) groups is 1. The molecule has 26 heavy (non-hydrogen) atoms. The first kappa shape index (κ1) is 19.1. The maximum atomic E-state index is 10.3. The van der Waals surface area contributed by atoms with E-state index in [2.05, 4.69) is 54.6 Å². The highest BCUT2D eigenvalue weighted by atomic mass is 17.2. The lowest BCUT2D eigenvalue weighted by molar-refractivity contribution is -0.336. The number of allylic oxidation sites excluding steroid dienone is 3. The Bertz CT molecular complexity index is 593. The van der Waals surface area contributed by atoms with E-state index in [1.54, 1.807) is 0 Å². The average Bonchev–Trinajstić information content (AvgIpc) is 3.27. The number of fused-ring (bicyclic) bond motifs is 2. The Hall–Kier alpha value is -1.71. The highest BCUT2D eigenvalue weighted by Crippen LogP contribution is 2.44. The number of benzene rings is 1. The van der Waals surface area contributed by atoms with E-state index < -0.39 is 0 Å². The molecule has 2 bridgehead atoms. The van der Waals surface area contributed by atoms with Gasteiger partial charge in [-0.1, -0.05) is 54.6 Å². The fourth-order valence-electron chi connectivity index (χ4n) is 4.03. The van der Waals surface area contributed by atoms with Crippen LogP contribution in [0.1, 0.15) is 50.5 Å². The maximum absolute atomic E-state index is 10.3. The van der Waals surface area contributed by atoms with Crippen LogP contribution in [-0.2, 0) is 21.0 Å². The van der Waals surface area contributed by atoms with Crippen molar-refractivity contribution in [3.8, 4) is 0 Å². The predicted octanol–water partition coefficient (Wildman–Crippen LogP) is 5.22. The summed E-state index contributed by atoms with van der Waals surface area (Å²) in [7, 11) is 0. The Morgan fingerprint density at radius 1 is 0.923 bits per heavy atom. The number of hydrogen-bond acceptors (Lipinski definition) is 3. The Balaban J connectivity index is 1.42. The van der Waals surface area contributed by atoms with E-state index in [4.69, 9.17) is 9.78 Å². The lowest BCUT2D eigenvalue weighted by Crippen LogP contribution is -2.28. The summed E-state index contributed by atoms with van der Waals surface area (Å²) in [5.41, 5.74) is 1.41. The molecule has 1 aliphatic carbocycles. The zero-order chi connectivity index (χ0) is 18.0. The lowest BCUT2D eigenvalue weighted by Gasteiger charge is -2.27. The molecular formula is C23H30O3. The first-order valence-electron chi connectivity index (χ1n) is 10.00. The van der Waals surface area contributed by atoms with Crippen molar-refractivity contribution >= 4 is 6.29 Å². The third-order valence-corrected chi connectivity index (χ3v) is 5.47. The molecule has 2 aliphatic rings. The molecule has 0 aromatic heterocycles. The van der Waals surface area contributed by atoms with Gasteiger partial charge in [-0.2, -0.15) is 0 Å². The van der Waals surface area contributed by atoms with Gasteiger partial charge in [0, 0.05) is 24.7 Å². The summed E-state index contributed by atoms with van der Waals surface area (Å²) >= 11 is 0. The molecule has 1 aromatic rings. The summed E-state index contributed by atoms with van der Waals surface area (Å²) in [6.07, 6.45) is 18.7. The van der Waals surface area contributed by atoms with Gasteiger partial charge in [0.2, 0.25) is 0 Å². The summed E-state index contributed by atoms with van der Waals surface area (Å²) in [5.74, 6) is 0.978. The van der Waals surface area contributed by atoms with Gasteiger partial charge in [0.25, 0.3) is 0 Å². The zero-order valence-electron chi connectivity index (χ0n) is 15.5. The van der Waals surface area contributed by atoms with Crippen LogP contribution in [0.5, 0.6) is 0 Å². The van der Waals surface area contributed by atoms with Crippen LogP contribution in [0.25, 0.3) is 0 Å². The molecule has 2 fully saturated rings. The number of rotatable bonds is 11. The van der Waals surface area contributed by atoms with Crippen molar-refractivity contribution in [3.63, 3.8) is 0 Å². The molecule has 1 aliphatic heterocycles. The second kappa shape index (κ2) is 10.4. The van der Waals surface area contributed by atoms with E-state index in [9.17, 15) is 4.79 Å². The highest BCUT2D eigenvalue weighted by molar-refractivity contribution is 5.49. The summed E-state index contributed by atoms with van der Waals surface area (Å²) in [6, 6.07) is 10.7. The minimum absolute atomic E-state index is 0.221. The van der Waals surface area contributed by atoms with E-state index in [1.165, 1.54) is 12.0 Å². The third kappa shape index (κ3) is 5.39.